The zero-order chi connectivity index (χ0) is 12.3. The predicted molar refractivity (Wildman–Crippen MR) is 60.6 cm³/mol. The van der Waals surface area contributed by atoms with Gasteiger partial charge in [-0.2, -0.15) is 13.2 Å². The van der Waals surface area contributed by atoms with Crippen LogP contribution < -0.4 is 5.32 Å². The highest BCUT2D eigenvalue weighted by Gasteiger charge is 2.40. The van der Waals surface area contributed by atoms with Crippen LogP contribution in [-0.4, -0.2) is 12.7 Å². The maximum atomic E-state index is 12.6. The molecule has 0 radical (unpaired) electrons. The quantitative estimate of drug-likeness (QED) is 0.793. The van der Waals surface area contributed by atoms with E-state index in [0.717, 1.165) is 5.56 Å². The van der Waals surface area contributed by atoms with Crippen molar-refractivity contribution < 1.29 is 13.2 Å². The Kier molecular flexibility index (Phi) is 3.72. The highest BCUT2D eigenvalue weighted by Crippen LogP contribution is 2.36. The Hall–Kier alpha value is -1.03. The van der Waals surface area contributed by atoms with Crippen molar-refractivity contribution in [2.24, 2.45) is 5.92 Å². The molecule has 1 aliphatic rings. The Morgan fingerprint density at radius 3 is 2.35 bits per heavy atom. The molecule has 2 atom stereocenters. The molecule has 2 rings (SSSR count). The SMILES string of the molecule is FC(F)(F)[C@@H]1CCN[C@H](c2ccccc2)CC1. The lowest BCUT2D eigenvalue weighted by atomic mass is 9.96. The van der Waals surface area contributed by atoms with Crippen LogP contribution in [0.15, 0.2) is 30.3 Å². The van der Waals surface area contributed by atoms with Crippen molar-refractivity contribution in [2.45, 2.75) is 31.5 Å². The summed E-state index contributed by atoms with van der Waals surface area (Å²) < 4.78 is 37.9. The fraction of sp³-hybridized carbons (Fsp3) is 0.538. The van der Waals surface area contributed by atoms with E-state index in [1.807, 2.05) is 30.3 Å². The molecule has 1 aromatic carbocycles. The number of rotatable bonds is 1. The third-order valence-corrected chi connectivity index (χ3v) is 3.35. The Balaban J connectivity index is 2.01. The predicted octanol–water partition coefficient (Wildman–Crippen LogP) is 3.68. The first-order valence-corrected chi connectivity index (χ1v) is 5.92. The molecule has 0 spiro atoms. The van der Waals surface area contributed by atoms with Crippen molar-refractivity contribution in [2.75, 3.05) is 6.54 Å². The van der Waals surface area contributed by atoms with E-state index in [-0.39, 0.29) is 18.9 Å². The fourth-order valence-electron chi connectivity index (χ4n) is 2.34. The first-order valence-electron chi connectivity index (χ1n) is 5.92. The van der Waals surface area contributed by atoms with Gasteiger partial charge in [-0.3, -0.25) is 0 Å². The molecule has 0 aliphatic carbocycles. The molecule has 1 heterocycles. The van der Waals surface area contributed by atoms with Gasteiger partial charge in [0.15, 0.2) is 0 Å². The summed E-state index contributed by atoms with van der Waals surface area (Å²) in [7, 11) is 0. The summed E-state index contributed by atoms with van der Waals surface area (Å²) in [5.41, 5.74) is 1.08. The van der Waals surface area contributed by atoms with Gasteiger partial charge in [0.25, 0.3) is 0 Å². The third kappa shape index (κ3) is 3.22. The summed E-state index contributed by atoms with van der Waals surface area (Å²) in [6, 6.07) is 9.74. The van der Waals surface area contributed by atoms with E-state index < -0.39 is 12.1 Å². The lowest BCUT2D eigenvalue weighted by Gasteiger charge is -2.18. The van der Waals surface area contributed by atoms with E-state index in [1.54, 1.807) is 0 Å². The first-order chi connectivity index (χ1) is 8.07. The summed E-state index contributed by atoms with van der Waals surface area (Å²) >= 11 is 0. The number of nitrogens with one attached hydrogen (secondary N) is 1. The number of alkyl halides is 3. The molecular formula is C13H16F3N. The van der Waals surface area contributed by atoms with E-state index in [0.29, 0.717) is 13.0 Å². The van der Waals surface area contributed by atoms with Crippen LogP contribution in [0.4, 0.5) is 13.2 Å². The Bertz CT molecular complexity index is 347. The molecule has 94 valence electrons. The van der Waals surface area contributed by atoms with Crippen LogP contribution >= 0.6 is 0 Å². The van der Waals surface area contributed by atoms with Crippen LogP contribution in [0.5, 0.6) is 0 Å². The second-order valence-corrected chi connectivity index (χ2v) is 4.52. The van der Waals surface area contributed by atoms with Crippen molar-refractivity contribution in [1.29, 1.82) is 0 Å². The van der Waals surface area contributed by atoms with E-state index >= 15 is 0 Å². The number of hydrogen-bond donors (Lipinski definition) is 1. The van der Waals surface area contributed by atoms with Gasteiger partial charge >= 0.3 is 6.18 Å². The zero-order valence-electron chi connectivity index (χ0n) is 9.50. The van der Waals surface area contributed by atoms with Crippen LogP contribution in [0.3, 0.4) is 0 Å². The minimum absolute atomic E-state index is 0.0588. The topological polar surface area (TPSA) is 12.0 Å². The van der Waals surface area contributed by atoms with Gasteiger partial charge in [-0.25, -0.2) is 0 Å². The summed E-state index contributed by atoms with van der Waals surface area (Å²) in [6.07, 6.45) is -3.09. The van der Waals surface area contributed by atoms with E-state index in [1.165, 1.54) is 0 Å². The normalized spacial score (nSPS) is 26.5. The highest BCUT2D eigenvalue weighted by molar-refractivity contribution is 5.19. The monoisotopic (exact) mass is 243 g/mol. The molecule has 4 heteroatoms. The van der Waals surface area contributed by atoms with E-state index in [4.69, 9.17) is 0 Å². The molecule has 1 fully saturated rings. The lowest BCUT2D eigenvalue weighted by molar-refractivity contribution is -0.176. The second kappa shape index (κ2) is 5.08. The van der Waals surface area contributed by atoms with Gasteiger partial charge in [-0.15, -0.1) is 0 Å². The zero-order valence-corrected chi connectivity index (χ0v) is 9.50. The van der Waals surface area contributed by atoms with Crippen LogP contribution in [-0.2, 0) is 0 Å². The molecule has 1 N–H and O–H groups in total. The molecular weight excluding hydrogens is 227 g/mol. The summed E-state index contributed by atoms with van der Waals surface area (Å²) in [6.45, 7) is 0.434. The lowest BCUT2D eigenvalue weighted by Crippen LogP contribution is -2.24. The summed E-state index contributed by atoms with van der Waals surface area (Å²) in [5, 5.41) is 3.20. The Morgan fingerprint density at radius 1 is 1.00 bits per heavy atom. The van der Waals surface area contributed by atoms with Crippen LogP contribution in [0, 0.1) is 5.92 Å². The summed E-state index contributed by atoms with van der Waals surface area (Å²) in [4.78, 5) is 0. The van der Waals surface area contributed by atoms with Gasteiger partial charge in [-0.1, -0.05) is 30.3 Å². The largest absolute Gasteiger partial charge is 0.391 e. The minimum Gasteiger partial charge on any atom is -0.310 e. The van der Waals surface area contributed by atoms with Gasteiger partial charge in [0.1, 0.15) is 0 Å². The molecule has 1 nitrogen and oxygen atoms in total. The average molecular weight is 243 g/mol. The fourth-order valence-corrected chi connectivity index (χ4v) is 2.34. The van der Waals surface area contributed by atoms with Crippen LogP contribution in [0.2, 0.25) is 0 Å². The molecule has 0 amide bonds. The van der Waals surface area contributed by atoms with Crippen molar-refractivity contribution in [3.05, 3.63) is 35.9 Å². The first kappa shape index (κ1) is 12.4. The second-order valence-electron chi connectivity index (χ2n) is 4.52. The molecule has 17 heavy (non-hydrogen) atoms. The van der Waals surface area contributed by atoms with Crippen molar-refractivity contribution in [3.8, 4) is 0 Å². The molecule has 1 saturated heterocycles. The van der Waals surface area contributed by atoms with Crippen LogP contribution in [0.25, 0.3) is 0 Å². The van der Waals surface area contributed by atoms with Gasteiger partial charge in [0.05, 0.1) is 5.92 Å². The minimum atomic E-state index is -4.05. The maximum absolute atomic E-state index is 12.6. The van der Waals surface area contributed by atoms with Crippen LogP contribution in [0.1, 0.15) is 30.9 Å². The molecule has 0 saturated carbocycles. The molecule has 1 aliphatic heterocycles. The summed E-state index contributed by atoms with van der Waals surface area (Å²) in [5.74, 6) is -1.15. The molecule has 1 aromatic rings. The van der Waals surface area contributed by atoms with Gasteiger partial charge < -0.3 is 5.32 Å². The molecule has 0 aromatic heterocycles. The molecule has 0 bridgehead atoms. The van der Waals surface area contributed by atoms with Gasteiger partial charge in [-0.05, 0) is 31.4 Å². The number of halogens is 3. The Morgan fingerprint density at radius 2 is 1.71 bits per heavy atom. The van der Waals surface area contributed by atoms with Gasteiger partial charge in [0.2, 0.25) is 0 Å². The van der Waals surface area contributed by atoms with Crippen molar-refractivity contribution >= 4 is 0 Å². The van der Waals surface area contributed by atoms with E-state index in [2.05, 4.69) is 5.32 Å². The Labute approximate surface area is 99.0 Å². The number of benzene rings is 1. The third-order valence-electron chi connectivity index (χ3n) is 3.35. The smallest absolute Gasteiger partial charge is 0.310 e. The van der Waals surface area contributed by atoms with Crippen molar-refractivity contribution in [1.82, 2.24) is 5.32 Å². The highest BCUT2D eigenvalue weighted by atomic mass is 19.4. The molecule has 0 unspecified atom stereocenters. The number of hydrogen-bond acceptors (Lipinski definition) is 1. The van der Waals surface area contributed by atoms with Crippen molar-refractivity contribution in [3.63, 3.8) is 0 Å². The standard InChI is InChI=1S/C13H16F3N/c14-13(15,16)11-6-7-12(17-9-8-11)10-4-2-1-3-5-10/h1-5,11-12,17H,6-9H2/t11-,12-/m0/s1. The average Bonchev–Trinajstić information content (AvgIpc) is 2.55. The van der Waals surface area contributed by atoms with E-state index in [9.17, 15) is 13.2 Å². The van der Waals surface area contributed by atoms with Gasteiger partial charge in [0, 0.05) is 6.04 Å². The maximum Gasteiger partial charge on any atom is 0.391 e.